The molecule has 24 heavy (non-hydrogen) atoms. The molecule has 126 valence electrons. The number of rotatable bonds is 4. The van der Waals surface area contributed by atoms with E-state index in [-0.39, 0.29) is 24.3 Å². The Morgan fingerprint density at radius 2 is 2.17 bits per heavy atom. The summed E-state index contributed by atoms with van der Waals surface area (Å²) in [4.78, 5) is 24.6. The van der Waals surface area contributed by atoms with E-state index in [1.807, 2.05) is 5.38 Å². The van der Waals surface area contributed by atoms with Crippen LogP contribution in [0.5, 0.6) is 0 Å². The SMILES string of the molecule is CC(=O)Nc1cc(NC(=O)CC2OCCc3ccsc32)ccc1Cl. The quantitative estimate of drug-likeness (QED) is 0.861. The van der Waals surface area contributed by atoms with E-state index >= 15 is 0 Å². The van der Waals surface area contributed by atoms with Crippen LogP contribution >= 0.6 is 22.9 Å². The molecule has 2 heterocycles. The van der Waals surface area contributed by atoms with Crippen LogP contribution in [0.3, 0.4) is 0 Å². The number of benzene rings is 1. The van der Waals surface area contributed by atoms with Gasteiger partial charge in [0.25, 0.3) is 0 Å². The average molecular weight is 365 g/mol. The number of amides is 2. The zero-order chi connectivity index (χ0) is 17.1. The number of halogens is 1. The molecule has 1 aromatic carbocycles. The Balaban J connectivity index is 1.67. The first kappa shape index (κ1) is 17.0. The van der Waals surface area contributed by atoms with Gasteiger partial charge in [0.1, 0.15) is 6.10 Å². The van der Waals surface area contributed by atoms with E-state index in [4.69, 9.17) is 16.3 Å². The summed E-state index contributed by atoms with van der Waals surface area (Å²) in [6, 6.07) is 7.06. The first-order valence-corrected chi connectivity index (χ1v) is 8.83. The number of ether oxygens (including phenoxy) is 1. The third-order valence-corrected chi connectivity index (χ3v) is 5.08. The van der Waals surface area contributed by atoms with E-state index in [9.17, 15) is 9.59 Å². The molecule has 0 spiro atoms. The lowest BCUT2D eigenvalue weighted by atomic mass is 10.1. The summed E-state index contributed by atoms with van der Waals surface area (Å²) >= 11 is 7.65. The summed E-state index contributed by atoms with van der Waals surface area (Å²) in [6.07, 6.45) is 0.954. The van der Waals surface area contributed by atoms with Crippen molar-refractivity contribution in [3.63, 3.8) is 0 Å². The summed E-state index contributed by atoms with van der Waals surface area (Å²) in [6.45, 7) is 2.04. The maximum Gasteiger partial charge on any atom is 0.227 e. The fraction of sp³-hybridized carbons (Fsp3) is 0.294. The standard InChI is InChI=1S/C17H17ClN2O3S/c1-10(21)19-14-8-12(2-3-13(14)18)20-16(22)9-15-17-11(4-6-23-15)5-7-24-17/h2-3,5,7-8,15H,4,6,9H2,1H3,(H,19,21)(H,20,22). The van der Waals surface area contributed by atoms with Crippen LogP contribution in [0.4, 0.5) is 11.4 Å². The maximum atomic E-state index is 12.3. The summed E-state index contributed by atoms with van der Waals surface area (Å²) in [7, 11) is 0. The molecule has 1 aromatic heterocycles. The fourth-order valence-corrected chi connectivity index (χ4v) is 3.81. The van der Waals surface area contributed by atoms with E-state index in [2.05, 4.69) is 16.7 Å². The van der Waals surface area contributed by atoms with Gasteiger partial charge in [-0.2, -0.15) is 0 Å². The Labute approximate surface area is 149 Å². The van der Waals surface area contributed by atoms with Gasteiger partial charge >= 0.3 is 0 Å². The van der Waals surface area contributed by atoms with Gasteiger partial charge < -0.3 is 15.4 Å². The average Bonchev–Trinajstić information content (AvgIpc) is 3.00. The molecule has 1 aliphatic heterocycles. The largest absolute Gasteiger partial charge is 0.372 e. The Hall–Kier alpha value is -1.89. The van der Waals surface area contributed by atoms with E-state index in [0.29, 0.717) is 23.0 Å². The Kier molecular flexibility index (Phi) is 5.18. The van der Waals surface area contributed by atoms with Crippen molar-refractivity contribution >= 4 is 46.1 Å². The van der Waals surface area contributed by atoms with Gasteiger partial charge in [0.2, 0.25) is 11.8 Å². The highest BCUT2D eigenvalue weighted by Gasteiger charge is 2.24. The van der Waals surface area contributed by atoms with Gasteiger partial charge in [-0.1, -0.05) is 11.6 Å². The van der Waals surface area contributed by atoms with Crippen LogP contribution in [0, 0.1) is 0 Å². The number of anilines is 2. The molecule has 2 aromatic rings. The second-order valence-corrected chi connectivity index (χ2v) is 6.90. The summed E-state index contributed by atoms with van der Waals surface area (Å²) < 4.78 is 5.74. The van der Waals surface area contributed by atoms with Crippen molar-refractivity contribution in [2.24, 2.45) is 0 Å². The zero-order valence-electron chi connectivity index (χ0n) is 13.1. The predicted molar refractivity (Wildman–Crippen MR) is 95.7 cm³/mol. The lowest BCUT2D eigenvalue weighted by Crippen LogP contribution is -2.21. The minimum Gasteiger partial charge on any atom is -0.372 e. The van der Waals surface area contributed by atoms with E-state index in [0.717, 1.165) is 11.3 Å². The molecule has 1 unspecified atom stereocenters. The molecule has 2 amide bonds. The molecule has 5 nitrogen and oxygen atoms in total. The maximum absolute atomic E-state index is 12.3. The van der Waals surface area contributed by atoms with Gasteiger partial charge in [0.15, 0.2) is 0 Å². The molecule has 0 bridgehead atoms. The number of carbonyl (C=O) groups is 2. The van der Waals surface area contributed by atoms with Gasteiger partial charge in [-0.05, 0) is 41.6 Å². The molecule has 1 aliphatic rings. The minimum absolute atomic E-state index is 0.141. The molecule has 0 radical (unpaired) electrons. The lowest BCUT2D eigenvalue weighted by molar-refractivity contribution is -0.119. The van der Waals surface area contributed by atoms with Crippen LogP contribution in [0.2, 0.25) is 5.02 Å². The molecule has 1 atom stereocenters. The van der Waals surface area contributed by atoms with Crippen molar-refractivity contribution in [1.82, 2.24) is 0 Å². The van der Waals surface area contributed by atoms with Crippen LogP contribution in [0.15, 0.2) is 29.6 Å². The Morgan fingerprint density at radius 3 is 2.96 bits per heavy atom. The third-order valence-electron chi connectivity index (χ3n) is 3.70. The third kappa shape index (κ3) is 3.95. The molecule has 0 saturated carbocycles. The molecular formula is C17H17ClN2O3S. The number of carbonyl (C=O) groups excluding carboxylic acids is 2. The molecule has 0 aliphatic carbocycles. The number of hydrogen-bond donors (Lipinski definition) is 2. The Bertz CT molecular complexity index is 775. The van der Waals surface area contributed by atoms with Crippen molar-refractivity contribution < 1.29 is 14.3 Å². The number of fused-ring (bicyclic) bond motifs is 1. The molecular weight excluding hydrogens is 348 g/mol. The van der Waals surface area contributed by atoms with Gasteiger partial charge in [-0.25, -0.2) is 0 Å². The highest BCUT2D eigenvalue weighted by atomic mass is 35.5. The van der Waals surface area contributed by atoms with E-state index < -0.39 is 0 Å². The van der Waals surface area contributed by atoms with Crippen molar-refractivity contribution in [3.05, 3.63) is 45.1 Å². The fourth-order valence-electron chi connectivity index (χ4n) is 2.64. The van der Waals surface area contributed by atoms with Crippen molar-refractivity contribution in [2.45, 2.75) is 25.9 Å². The van der Waals surface area contributed by atoms with Gasteiger partial charge in [-0.15, -0.1) is 11.3 Å². The van der Waals surface area contributed by atoms with Crippen LogP contribution in [0.25, 0.3) is 0 Å². The first-order valence-electron chi connectivity index (χ1n) is 7.58. The highest BCUT2D eigenvalue weighted by molar-refractivity contribution is 7.10. The van der Waals surface area contributed by atoms with Gasteiger partial charge in [0.05, 0.1) is 23.7 Å². The van der Waals surface area contributed by atoms with E-state index in [1.165, 1.54) is 12.5 Å². The molecule has 3 rings (SSSR count). The summed E-state index contributed by atoms with van der Waals surface area (Å²) in [5.74, 6) is -0.362. The van der Waals surface area contributed by atoms with Gasteiger partial charge in [0, 0.05) is 17.5 Å². The van der Waals surface area contributed by atoms with Crippen LogP contribution < -0.4 is 10.6 Å². The van der Waals surface area contributed by atoms with Crippen molar-refractivity contribution in [1.29, 1.82) is 0 Å². The van der Waals surface area contributed by atoms with E-state index in [1.54, 1.807) is 29.5 Å². The van der Waals surface area contributed by atoms with Crippen molar-refractivity contribution in [2.75, 3.05) is 17.2 Å². The van der Waals surface area contributed by atoms with Gasteiger partial charge in [-0.3, -0.25) is 9.59 Å². The summed E-state index contributed by atoms with van der Waals surface area (Å²) in [5, 5.41) is 7.91. The first-order chi connectivity index (χ1) is 11.5. The second kappa shape index (κ2) is 7.34. The Morgan fingerprint density at radius 1 is 1.33 bits per heavy atom. The van der Waals surface area contributed by atoms with Crippen molar-refractivity contribution in [3.8, 4) is 0 Å². The molecule has 0 fully saturated rings. The zero-order valence-corrected chi connectivity index (χ0v) is 14.7. The van der Waals surface area contributed by atoms with Crippen LogP contribution in [-0.4, -0.2) is 18.4 Å². The number of thiophene rings is 1. The monoisotopic (exact) mass is 364 g/mol. The van der Waals surface area contributed by atoms with Crippen LogP contribution in [-0.2, 0) is 20.7 Å². The molecule has 0 saturated heterocycles. The predicted octanol–water partition coefficient (Wildman–Crippen LogP) is 4.00. The van der Waals surface area contributed by atoms with Crippen LogP contribution in [0.1, 0.15) is 29.9 Å². The minimum atomic E-state index is -0.221. The normalized spacial score (nSPS) is 16.3. The second-order valence-electron chi connectivity index (χ2n) is 5.55. The number of nitrogens with one attached hydrogen (secondary N) is 2. The molecule has 7 heteroatoms. The highest BCUT2D eigenvalue weighted by Crippen LogP contribution is 2.34. The number of hydrogen-bond acceptors (Lipinski definition) is 4. The summed E-state index contributed by atoms with van der Waals surface area (Å²) in [5.41, 5.74) is 2.32. The smallest absolute Gasteiger partial charge is 0.227 e. The lowest BCUT2D eigenvalue weighted by Gasteiger charge is -2.22. The topological polar surface area (TPSA) is 67.4 Å². The molecule has 2 N–H and O–H groups in total.